The molecular formula is H3CuFePTa. The SMILES string of the molecule is P.[Cu].[Fe].[Ta]. The molecule has 0 fully saturated rings. The molecule has 0 aliphatic rings. The topological polar surface area (TPSA) is 0 Å². The molecule has 4 heavy (non-hydrogen) atoms. The van der Waals surface area contributed by atoms with Crippen LogP contribution in [0, 0.1) is 0 Å². The minimum absolute atomic E-state index is 0. The van der Waals surface area contributed by atoms with Crippen molar-refractivity contribution < 1.29 is 56.5 Å². The van der Waals surface area contributed by atoms with E-state index in [4.69, 9.17) is 0 Å². The normalized spacial score (nSPS) is 0. The molecule has 0 aliphatic heterocycles. The van der Waals surface area contributed by atoms with E-state index in [1.165, 1.54) is 0 Å². The van der Waals surface area contributed by atoms with Gasteiger partial charge in [0.15, 0.2) is 0 Å². The van der Waals surface area contributed by atoms with Gasteiger partial charge in [0.1, 0.15) is 0 Å². The summed E-state index contributed by atoms with van der Waals surface area (Å²) < 4.78 is 0. The molecule has 1 unspecified atom stereocenters. The van der Waals surface area contributed by atoms with E-state index in [2.05, 4.69) is 0 Å². The Bertz CT molecular complexity index is 8.00. The van der Waals surface area contributed by atoms with Crippen LogP contribution in [0.25, 0.3) is 0 Å². The average Bonchev–Trinajstić information content (AvgIpc) is 0. The molecule has 4 heteroatoms. The fourth-order valence-electron chi connectivity index (χ4n) is 0. The molecule has 2 radical (unpaired) electrons. The van der Waals surface area contributed by atoms with Crippen molar-refractivity contribution in [3.63, 3.8) is 0 Å². The van der Waals surface area contributed by atoms with Gasteiger partial charge < -0.3 is 0 Å². The van der Waals surface area contributed by atoms with Crippen LogP contribution in [0.4, 0.5) is 0 Å². The first-order valence-electron chi connectivity index (χ1n) is 0. The maximum Gasteiger partial charge on any atom is 0 e. The van der Waals surface area contributed by atoms with E-state index in [0.717, 1.165) is 0 Å². The maximum atomic E-state index is 0. The monoisotopic (exact) mass is 334 g/mol. The molecule has 0 saturated heterocycles. The molecule has 0 saturated carbocycles. The Morgan fingerprint density at radius 2 is 1.00 bits per heavy atom. The van der Waals surface area contributed by atoms with E-state index in [9.17, 15) is 0 Å². The van der Waals surface area contributed by atoms with Crippen LogP contribution in [-0.2, 0) is 56.5 Å². The molecule has 0 heterocycles. The van der Waals surface area contributed by atoms with Crippen molar-refractivity contribution in [3.05, 3.63) is 0 Å². The van der Waals surface area contributed by atoms with E-state index in [1.807, 2.05) is 0 Å². The van der Waals surface area contributed by atoms with E-state index in [0.29, 0.717) is 0 Å². The third-order valence-electron chi connectivity index (χ3n) is 0. The van der Waals surface area contributed by atoms with Crippen LogP contribution in [-0.4, -0.2) is 0 Å². The molecule has 32 valence electrons. The van der Waals surface area contributed by atoms with Crippen LogP contribution < -0.4 is 0 Å². The van der Waals surface area contributed by atoms with E-state index >= 15 is 0 Å². The van der Waals surface area contributed by atoms with Gasteiger partial charge in [-0.2, -0.15) is 9.90 Å². The van der Waals surface area contributed by atoms with Gasteiger partial charge in [-0.15, -0.1) is 0 Å². The van der Waals surface area contributed by atoms with Crippen LogP contribution >= 0.6 is 9.90 Å². The molecular weight excluding hydrogens is 331 g/mol. The summed E-state index contributed by atoms with van der Waals surface area (Å²) in [5, 5.41) is 0. The fraction of sp³-hybridized carbons (Fsp3) is 0. The largest absolute Gasteiger partial charge is 0.153 e. The molecule has 0 aromatic heterocycles. The van der Waals surface area contributed by atoms with Gasteiger partial charge in [-0.3, -0.25) is 0 Å². The van der Waals surface area contributed by atoms with Gasteiger partial charge >= 0.3 is 0 Å². The predicted molar refractivity (Wildman–Crippen MR) is 11.1 cm³/mol. The summed E-state index contributed by atoms with van der Waals surface area (Å²) in [4.78, 5) is 0. The summed E-state index contributed by atoms with van der Waals surface area (Å²) in [6.07, 6.45) is 0. The van der Waals surface area contributed by atoms with Crippen molar-refractivity contribution in [2.24, 2.45) is 0 Å². The predicted octanol–water partition coefficient (Wildman–Crippen LogP) is 0.0506. The summed E-state index contributed by atoms with van der Waals surface area (Å²) in [6.45, 7) is 0. The van der Waals surface area contributed by atoms with Gasteiger partial charge in [0.2, 0.25) is 0 Å². The summed E-state index contributed by atoms with van der Waals surface area (Å²) in [5.41, 5.74) is 0. The minimum atomic E-state index is 0. The van der Waals surface area contributed by atoms with Gasteiger partial charge in [0.25, 0.3) is 0 Å². The molecule has 0 aliphatic carbocycles. The standard InChI is InChI=1S/Cu.Fe.H3P.Ta/h;;1H3;. The fourth-order valence-corrected chi connectivity index (χ4v) is 0. The first-order valence-corrected chi connectivity index (χ1v) is 0. The molecule has 0 bridgehead atoms. The quantitative estimate of drug-likeness (QED) is 0.434. The molecule has 1 atom stereocenters. The molecule has 0 amide bonds. The van der Waals surface area contributed by atoms with Gasteiger partial charge in [-0.05, 0) is 0 Å². The second kappa shape index (κ2) is 18.9. The molecule has 0 aromatic rings. The number of hydrogen-bond acceptors (Lipinski definition) is 0. The number of hydrogen-bond donors (Lipinski definition) is 0. The van der Waals surface area contributed by atoms with Crippen LogP contribution in [0.15, 0.2) is 0 Å². The Kier molecular flexibility index (Phi) is 163. The van der Waals surface area contributed by atoms with Crippen LogP contribution in [0.2, 0.25) is 0 Å². The number of rotatable bonds is 0. The summed E-state index contributed by atoms with van der Waals surface area (Å²) in [7, 11) is 0. The van der Waals surface area contributed by atoms with Gasteiger partial charge in [-0.1, -0.05) is 0 Å². The van der Waals surface area contributed by atoms with E-state index < -0.39 is 0 Å². The molecule has 0 N–H and O–H groups in total. The molecule has 0 aromatic carbocycles. The zero-order valence-corrected chi connectivity index (χ0v) is 8.48. The van der Waals surface area contributed by atoms with Crippen molar-refractivity contribution in [3.8, 4) is 0 Å². The first-order chi connectivity index (χ1) is 0. The maximum absolute atomic E-state index is 0. The second-order valence-electron chi connectivity index (χ2n) is 0. The minimum Gasteiger partial charge on any atom is -0.153 e. The Morgan fingerprint density at radius 1 is 1.00 bits per heavy atom. The summed E-state index contributed by atoms with van der Waals surface area (Å²) in [5.74, 6) is 0. The van der Waals surface area contributed by atoms with Gasteiger partial charge in [0, 0.05) is 56.5 Å². The third-order valence-corrected chi connectivity index (χ3v) is 0. The smallest absolute Gasteiger partial charge is 0 e. The van der Waals surface area contributed by atoms with E-state index in [-0.39, 0.29) is 66.4 Å². The van der Waals surface area contributed by atoms with Crippen molar-refractivity contribution >= 4 is 9.90 Å². The Labute approximate surface area is 65.9 Å². The Hall–Kier alpha value is 2.21. The van der Waals surface area contributed by atoms with Crippen molar-refractivity contribution in [1.29, 1.82) is 0 Å². The van der Waals surface area contributed by atoms with Crippen molar-refractivity contribution in [1.82, 2.24) is 0 Å². The summed E-state index contributed by atoms with van der Waals surface area (Å²) >= 11 is 0. The molecule has 0 nitrogen and oxygen atoms in total. The first kappa shape index (κ1) is 34.5. The second-order valence-corrected chi connectivity index (χ2v) is 0. The zero-order valence-electron chi connectivity index (χ0n) is 1.81. The Balaban J connectivity index is 0. The summed E-state index contributed by atoms with van der Waals surface area (Å²) in [6, 6.07) is 0. The third kappa shape index (κ3) is 8.88. The molecule has 0 rings (SSSR count). The molecule has 0 spiro atoms. The van der Waals surface area contributed by atoms with Gasteiger partial charge in [0.05, 0.1) is 0 Å². The van der Waals surface area contributed by atoms with E-state index in [1.54, 1.807) is 0 Å². The zero-order chi connectivity index (χ0) is 0. The van der Waals surface area contributed by atoms with Crippen LogP contribution in [0.3, 0.4) is 0 Å². The van der Waals surface area contributed by atoms with Gasteiger partial charge in [-0.25, -0.2) is 0 Å². The van der Waals surface area contributed by atoms with Crippen LogP contribution in [0.1, 0.15) is 0 Å². The Morgan fingerprint density at radius 3 is 1.00 bits per heavy atom. The van der Waals surface area contributed by atoms with Crippen molar-refractivity contribution in [2.75, 3.05) is 0 Å². The average molecular weight is 334 g/mol. The van der Waals surface area contributed by atoms with Crippen molar-refractivity contribution in [2.45, 2.75) is 0 Å². The van der Waals surface area contributed by atoms with Crippen LogP contribution in [0.5, 0.6) is 0 Å².